The fourth-order valence-electron chi connectivity index (χ4n) is 3.33. The van der Waals surface area contributed by atoms with Crippen molar-refractivity contribution in [3.8, 4) is 0 Å². The highest BCUT2D eigenvalue weighted by atomic mass is 16.6. The molecule has 2 aromatic rings. The number of hydrogen-bond donors (Lipinski definition) is 2. The van der Waals surface area contributed by atoms with Gasteiger partial charge in [0.2, 0.25) is 5.91 Å². The zero-order chi connectivity index (χ0) is 19.2. The Balaban J connectivity index is 1.57. The van der Waals surface area contributed by atoms with Gasteiger partial charge in [0.25, 0.3) is 5.69 Å². The predicted molar refractivity (Wildman–Crippen MR) is 102 cm³/mol. The molecule has 0 bridgehead atoms. The molecule has 1 aliphatic rings. The average molecular weight is 372 g/mol. The molecule has 1 unspecified atom stereocenters. The van der Waals surface area contributed by atoms with E-state index in [2.05, 4.69) is 15.5 Å². The number of benzene rings is 1. The Bertz CT molecular complexity index is 799. The topological polar surface area (TPSA) is 101 Å². The number of nitro groups is 1. The molecule has 1 saturated heterocycles. The summed E-state index contributed by atoms with van der Waals surface area (Å²) in [5.74, 6) is 1.47. The van der Waals surface area contributed by atoms with Crippen molar-refractivity contribution in [2.45, 2.75) is 25.8 Å². The molecule has 0 radical (unpaired) electrons. The fourth-order valence-corrected chi connectivity index (χ4v) is 3.33. The standard InChI is InChI=1S/C19H24N4O4/c1-14-8-9-18(27-14)17(22-10-4-5-11-22)12-21-19(24)13-20-15-6-2-3-7-16(15)23(25)26/h2-3,6-9,17,20H,4-5,10-13H2,1H3,(H,21,24). The summed E-state index contributed by atoms with van der Waals surface area (Å²) in [6, 6.07) is 10.2. The van der Waals surface area contributed by atoms with Gasteiger partial charge in [0.05, 0.1) is 17.5 Å². The molecule has 2 N–H and O–H groups in total. The highest BCUT2D eigenvalue weighted by molar-refractivity contribution is 5.81. The third-order valence-electron chi connectivity index (χ3n) is 4.70. The first-order chi connectivity index (χ1) is 13.0. The van der Waals surface area contributed by atoms with Gasteiger partial charge >= 0.3 is 0 Å². The van der Waals surface area contributed by atoms with Crippen molar-refractivity contribution in [1.29, 1.82) is 0 Å². The van der Waals surface area contributed by atoms with E-state index in [1.165, 1.54) is 6.07 Å². The predicted octanol–water partition coefficient (Wildman–Crippen LogP) is 2.86. The van der Waals surface area contributed by atoms with Gasteiger partial charge in [0, 0.05) is 12.6 Å². The van der Waals surface area contributed by atoms with Gasteiger partial charge in [0.15, 0.2) is 0 Å². The second-order valence-corrected chi connectivity index (χ2v) is 6.64. The van der Waals surface area contributed by atoms with Gasteiger partial charge in [0.1, 0.15) is 17.2 Å². The van der Waals surface area contributed by atoms with E-state index in [0.29, 0.717) is 12.2 Å². The third-order valence-corrected chi connectivity index (χ3v) is 4.70. The number of nitro benzene ring substituents is 1. The molecule has 0 aliphatic carbocycles. The third kappa shape index (κ3) is 4.85. The Hall–Kier alpha value is -2.87. The number of anilines is 1. The van der Waals surface area contributed by atoms with Crippen LogP contribution in [0.25, 0.3) is 0 Å². The van der Waals surface area contributed by atoms with Crippen LogP contribution in [-0.2, 0) is 4.79 Å². The van der Waals surface area contributed by atoms with Crippen LogP contribution in [0.3, 0.4) is 0 Å². The molecule has 1 aromatic carbocycles. The molecular formula is C19H24N4O4. The van der Waals surface area contributed by atoms with Crippen molar-refractivity contribution < 1.29 is 14.1 Å². The number of nitrogens with zero attached hydrogens (tertiary/aromatic N) is 2. The lowest BCUT2D eigenvalue weighted by Gasteiger charge is -2.26. The second-order valence-electron chi connectivity index (χ2n) is 6.64. The van der Waals surface area contributed by atoms with Crippen molar-refractivity contribution in [3.63, 3.8) is 0 Å². The molecule has 8 heteroatoms. The number of carbonyl (C=O) groups is 1. The zero-order valence-electron chi connectivity index (χ0n) is 15.3. The number of rotatable bonds is 8. The van der Waals surface area contributed by atoms with E-state index >= 15 is 0 Å². The fraction of sp³-hybridized carbons (Fsp3) is 0.421. The lowest BCUT2D eigenvalue weighted by atomic mass is 10.2. The van der Waals surface area contributed by atoms with Gasteiger partial charge < -0.3 is 15.1 Å². The van der Waals surface area contributed by atoms with Crippen molar-refractivity contribution in [1.82, 2.24) is 10.2 Å². The van der Waals surface area contributed by atoms with Gasteiger partial charge in [-0.15, -0.1) is 0 Å². The molecule has 3 rings (SSSR count). The highest BCUT2D eigenvalue weighted by Gasteiger charge is 2.26. The van der Waals surface area contributed by atoms with E-state index in [4.69, 9.17) is 4.42 Å². The number of furan rings is 1. The minimum atomic E-state index is -0.469. The minimum Gasteiger partial charge on any atom is -0.465 e. The van der Waals surface area contributed by atoms with E-state index in [-0.39, 0.29) is 24.2 Å². The Kier molecular flexibility index (Phi) is 6.08. The Morgan fingerprint density at radius 1 is 1.26 bits per heavy atom. The molecule has 1 fully saturated rings. The summed E-state index contributed by atoms with van der Waals surface area (Å²) in [5, 5.41) is 16.8. The SMILES string of the molecule is Cc1ccc(C(CNC(=O)CNc2ccccc2[N+](=O)[O-])N2CCCC2)o1. The zero-order valence-corrected chi connectivity index (χ0v) is 15.3. The smallest absolute Gasteiger partial charge is 0.292 e. The lowest BCUT2D eigenvalue weighted by Crippen LogP contribution is -2.38. The van der Waals surface area contributed by atoms with Gasteiger partial charge in [-0.3, -0.25) is 19.8 Å². The van der Waals surface area contributed by atoms with Crippen molar-refractivity contribution >= 4 is 17.3 Å². The van der Waals surface area contributed by atoms with Crippen molar-refractivity contribution in [2.75, 3.05) is 31.5 Å². The molecule has 1 aromatic heterocycles. The first kappa shape index (κ1) is 18.9. The van der Waals surface area contributed by atoms with Crippen LogP contribution in [0.15, 0.2) is 40.8 Å². The largest absolute Gasteiger partial charge is 0.465 e. The maximum atomic E-state index is 12.3. The number of hydrogen-bond acceptors (Lipinski definition) is 6. The van der Waals surface area contributed by atoms with Gasteiger partial charge in [-0.25, -0.2) is 0 Å². The molecule has 1 aliphatic heterocycles. The first-order valence-corrected chi connectivity index (χ1v) is 9.09. The van der Waals surface area contributed by atoms with Gasteiger partial charge in [-0.05, 0) is 51.1 Å². The van der Waals surface area contributed by atoms with Crippen LogP contribution in [0.2, 0.25) is 0 Å². The maximum absolute atomic E-state index is 12.3. The van der Waals surface area contributed by atoms with Crippen LogP contribution in [-0.4, -0.2) is 41.9 Å². The summed E-state index contributed by atoms with van der Waals surface area (Å²) in [4.78, 5) is 25.1. The monoisotopic (exact) mass is 372 g/mol. The van der Waals surface area contributed by atoms with E-state index in [1.807, 2.05) is 19.1 Å². The van der Waals surface area contributed by atoms with Gasteiger partial charge in [-0.1, -0.05) is 12.1 Å². The first-order valence-electron chi connectivity index (χ1n) is 9.09. The van der Waals surface area contributed by atoms with Crippen LogP contribution < -0.4 is 10.6 Å². The molecule has 2 heterocycles. The van der Waals surface area contributed by atoms with Crippen molar-refractivity contribution in [2.24, 2.45) is 0 Å². The van der Waals surface area contributed by atoms with Crippen molar-refractivity contribution in [3.05, 3.63) is 58.0 Å². The Morgan fingerprint density at radius 3 is 2.67 bits per heavy atom. The Labute approximate surface area is 157 Å². The summed E-state index contributed by atoms with van der Waals surface area (Å²) >= 11 is 0. The summed E-state index contributed by atoms with van der Waals surface area (Å²) in [7, 11) is 0. The molecule has 27 heavy (non-hydrogen) atoms. The molecule has 0 saturated carbocycles. The van der Waals surface area contributed by atoms with Gasteiger partial charge in [-0.2, -0.15) is 0 Å². The van der Waals surface area contributed by atoms with Crippen LogP contribution >= 0.6 is 0 Å². The molecule has 0 spiro atoms. The Morgan fingerprint density at radius 2 is 2.00 bits per heavy atom. The number of para-hydroxylation sites is 2. The van der Waals surface area contributed by atoms with E-state index in [0.717, 1.165) is 37.5 Å². The van der Waals surface area contributed by atoms with Crippen LogP contribution in [0.4, 0.5) is 11.4 Å². The number of carbonyl (C=O) groups excluding carboxylic acids is 1. The molecule has 1 atom stereocenters. The van der Waals surface area contributed by atoms with E-state index in [1.54, 1.807) is 18.2 Å². The summed E-state index contributed by atoms with van der Waals surface area (Å²) in [5.41, 5.74) is 0.279. The van der Waals surface area contributed by atoms with E-state index in [9.17, 15) is 14.9 Å². The summed E-state index contributed by atoms with van der Waals surface area (Å²) in [6.07, 6.45) is 2.28. The number of amides is 1. The summed E-state index contributed by atoms with van der Waals surface area (Å²) in [6.45, 7) is 4.27. The highest BCUT2D eigenvalue weighted by Crippen LogP contribution is 2.26. The quantitative estimate of drug-likeness (QED) is 0.546. The lowest BCUT2D eigenvalue weighted by molar-refractivity contribution is -0.383. The minimum absolute atomic E-state index is 0.00351. The molecule has 144 valence electrons. The molecule has 8 nitrogen and oxygen atoms in total. The normalized spacial score (nSPS) is 15.4. The average Bonchev–Trinajstić information content (AvgIpc) is 3.33. The molecular weight excluding hydrogens is 348 g/mol. The van der Waals surface area contributed by atoms with Crippen LogP contribution in [0.5, 0.6) is 0 Å². The van der Waals surface area contributed by atoms with Crippen LogP contribution in [0, 0.1) is 17.0 Å². The number of aryl methyl sites for hydroxylation is 1. The number of nitrogens with one attached hydrogen (secondary N) is 2. The summed E-state index contributed by atoms with van der Waals surface area (Å²) < 4.78 is 5.78. The number of likely N-dealkylation sites (tertiary alicyclic amines) is 1. The second kappa shape index (κ2) is 8.68. The maximum Gasteiger partial charge on any atom is 0.292 e. The molecule has 1 amide bonds. The van der Waals surface area contributed by atoms with E-state index < -0.39 is 4.92 Å². The van der Waals surface area contributed by atoms with Crippen LogP contribution in [0.1, 0.15) is 30.4 Å².